The number of hydrogen-bond donors (Lipinski definition) is 2. The van der Waals surface area contributed by atoms with Crippen LogP contribution in [0.1, 0.15) is 5.69 Å². The SMILES string of the molecule is O=C(Cc1csc(NS(=O)(=O)c2ccccc2)n1)Nc1cc(Cl)ccc1Cl. The highest BCUT2D eigenvalue weighted by Gasteiger charge is 2.16. The molecule has 3 aromatic rings. The average molecular weight is 442 g/mol. The van der Waals surface area contributed by atoms with Crippen molar-refractivity contribution in [1.29, 1.82) is 0 Å². The summed E-state index contributed by atoms with van der Waals surface area (Å²) in [5.41, 5.74) is 0.829. The minimum absolute atomic E-state index is 0.0353. The Morgan fingerprint density at radius 1 is 1.11 bits per heavy atom. The fraction of sp³-hybridized carbons (Fsp3) is 0.0588. The van der Waals surface area contributed by atoms with Crippen molar-refractivity contribution < 1.29 is 13.2 Å². The van der Waals surface area contributed by atoms with Crippen LogP contribution in [-0.2, 0) is 21.2 Å². The molecule has 0 unspecified atom stereocenters. The number of rotatable bonds is 6. The van der Waals surface area contributed by atoms with Crippen molar-refractivity contribution >= 4 is 61.3 Å². The van der Waals surface area contributed by atoms with Gasteiger partial charge in [0.2, 0.25) is 5.91 Å². The number of amides is 1. The molecule has 1 amide bonds. The normalized spacial score (nSPS) is 11.2. The van der Waals surface area contributed by atoms with Crippen molar-refractivity contribution in [3.05, 3.63) is 69.7 Å². The van der Waals surface area contributed by atoms with Crippen molar-refractivity contribution in [2.75, 3.05) is 10.0 Å². The quantitative estimate of drug-likeness (QED) is 0.591. The Morgan fingerprint density at radius 3 is 2.59 bits per heavy atom. The van der Waals surface area contributed by atoms with Gasteiger partial charge < -0.3 is 5.32 Å². The minimum Gasteiger partial charge on any atom is -0.324 e. The van der Waals surface area contributed by atoms with Crippen LogP contribution < -0.4 is 10.0 Å². The molecule has 2 aromatic carbocycles. The van der Waals surface area contributed by atoms with Crippen LogP contribution in [0.15, 0.2) is 58.8 Å². The van der Waals surface area contributed by atoms with Gasteiger partial charge in [0.15, 0.2) is 5.13 Å². The van der Waals surface area contributed by atoms with E-state index in [2.05, 4.69) is 15.0 Å². The maximum absolute atomic E-state index is 12.3. The van der Waals surface area contributed by atoms with Crippen LogP contribution >= 0.6 is 34.5 Å². The zero-order valence-corrected chi connectivity index (χ0v) is 16.8. The van der Waals surface area contributed by atoms with Crippen molar-refractivity contribution in [1.82, 2.24) is 4.98 Å². The molecule has 1 aromatic heterocycles. The Balaban J connectivity index is 1.66. The summed E-state index contributed by atoms with van der Waals surface area (Å²) in [5, 5.41) is 5.26. The van der Waals surface area contributed by atoms with Crippen molar-refractivity contribution in [2.45, 2.75) is 11.3 Å². The van der Waals surface area contributed by atoms with Gasteiger partial charge in [-0.1, -0.05) is 41.4 Å². The highest BCUT2D eigenvalue weighted by molar-refractivity contribution is 7.93. The Hall–Kier alpha value is -2.13. The first-order chi connectivity index (χ1) is 12.8. The lowest BCUT2D eigenvalue weighted by Gasteiger charge is -2.07. The van der Waals surface area contributed by atoms with E-state index < -0.39 is 10.0 Å². The van der Waals surface area contributed by atoms with Crippen LogP contribution in [0, 0.1) is 0 Å². The molecule has 6 nitrogen and oxygen atoms in total. The molecule has 0 saturated heterocycles. The highest BCUT2D eigenvalue weighted by Crippen LogP contribution is 2.26. The Bertz CT molecular complexity index is 1070. The molecule has 0 fully saturated rings. The molecule has 0 spiro atoms. The van der Waals surface area contributed by atoms with E-state index in [9.17, 15) is 13.2 Å². The lowest BCUT2D eigenvalue weighted by atomic mass is 10.3. The van der Waals surface area contributed by atoms with Gasteiger partial charge in [0, 0.05) is 10.4 Å². The second-order valence-corrected chi connectivity index (χ2v) is 8.80. The maximum atomic E-state index is 12.3. The largest absolute Gasteiger partial charge is 0.324 e. The van der Waals surface area contributed by atoms with Crippen LogP contribution in [0.3, 0.4) is 0 Å². The van der Waals surface area contributed by atoms with E-state index in [4.69, 9.17) is 23.2 Å². The van der Waals surface area contributed by atoms with Crippen molar-refractivity contribution in [3.8, 4) is 0 Å². The van der Waals surface area contributed by atoms with Crippen LogP contribution in [0.2, 0.25) is 10.0 Å². The number of halogens is 2. The molecule has 1 heterocycles. The van der Waals surface area contributed by atoms with E-state index in [0.29, 0.717) is 21.4 Å². The van der Waals surface area contributed by atoms with E-state index >= 15 is 0 Å². The maximum Gasteiger partial charge on any atom is 0.263 e. The van der Waals surface area contributed by atoms with Gasteiger partial charge in [0.1, 0.15) is 0 Å². The lowest BCUT2D eigenvalue weighted by molar-refractivity contribution is -0.115. The van der Waals surface area contributed by atoms with Gasteiger partial charge in [-0.15, -0.1) is 11.3 Å². The number of aromatic nitrogens is 1. The topological polar surface area (TPSA) is 88.2 Å². The third-order valence-corrected chi connectivity index (χ3v) is 6.23. The van der Waals surface area contributed by atoms with Gasteiger partial charge in [-0.05, 0) is 30.3 Å². The third-order valence-electron chi connectivity index (χ3n) is 3.37. The van der Waals surface area contributed by atoms with Gasteiger partial charge in [-0.25, -0.2) is 13.4 Å². The molecule has 0 aliphatic carbocycles. The van der Waals surface area contributed by atoms with Gasteiger partial charge in [-0.2, -0.15) is 0 Å². The van der Waals surface area contributed by atoms with Crippen LogP contribution in [0.25, 0.3) is 0 Å². The first-order valence-electron chi connectivity index (χ1n) is 7.61. The summed E-state index contributed by atoms with van der Waals surface area (Å²) in [4.78, 5) is 16.5. The Labute approximate surface area is 170 Å². The van der Waals surface area contributed by atoms with Gasteiger partial charge in [-0.3, -0.25) is 9.52 Å². The number of benzene rings is 2. The summed E-state index contributed by atoms with van der Waals surface area (Å²) in [6, 6.07) is 12.7. The van der Waals surface area contributed by atoms with Gasteiger partial charge in [0.25, 0.3) is 10.0 Å². The van der Waals surface area contributed by atoms with Crippen molar-refractivity contribution in [2.24, 2.45) is 0 Å². The Kier molecular flexibility index (Phi) is 6.01. The number of hydrogen-bond acceptors (Lipinski definition) is 5. The molecule has 3 rings (SSSR count). The highest BCUT2D eigenvalue weighted by atomic mass is 35.5. The van der Waals surface area contributed by atoms with E-state index in [1.807, 2.05) is 0 Å². The summed E-state index contributed by atoms with van der Waals surface area (Å²) in [7, 11) is -3.72. The van der Waals surface area contributed by atoms with E-state index in [0.717, 1.165) is 11.3 Å². The Morgan fingerprint density at radius 2 is 1.85 bits per heavy atom. The van der Waals surface area contributed by atoms with E-state index in [-0.39, 0.29) is 22.4 Å². The number of nitrogens with one attached hydrogen (secondary N) is 2. The molecule has 0 saturated carbocycles. The molecule has 10 heteroatoms. The van der Waals surface area contributed by atoms with E-state index in [1.54, 1.807) is 41.8 Å². The number of thiazole rings is 1. The van der Waals surface area contributed by atoms with Crippen LogP contribution in [0.5, 0.6) is 0 Å². The molecule has 0 aliphatic rings. The second-order valence-electron chi connectivity index (χ2n) is 5.41. The van der Waals surface area contributed by atoms with Crippen molar-refractivity contribution in [3.63, 3.8) is 0 Å². The summed E-state index contributed by atoms with van der Waals surface area (Å²) in [6.45, 7) is 0. The lowest BCUT2D eigenvalue weighted by Crippen LogP contribution is -2.15. The number of carbonyl (C=O) groups excluding carboxylic acids is 1. The number of anilines is 2. The van der Waals surface area contributed by atoms with E-state index in [1.165, 1.54) is 12.1 Å². The average Bonchev–Trinajstić information content (AvgIpc) is 3.05. The predicted octanol–water partition coefficient (Wildman–Crippen LogP) is 4.43. The summed E-state index contributed by atoms with van der Waals surface area (Å²) < 4.78 is 27.0. The molecular weight excluding hydrogens is 429 g/mol. The molecule has 2 N–H and O–H groups in total. The number of carbonyl (C=O) groups is 1. The predicted molar refractivity (Wildman–Crippen MR) is 108 cm³/mol. The zero-order chi connectivity index (χ0) is 19.4. The fourth-order valence-electron chi connectivity index (χ4n) is 2.16. The number of sulfonamides is 1. The minimum atomic E-state index is -3.72. The van der Waals surface area contributed by atoms with Crippen LogP contribution in [-0.4, -0.2) is 19.3 Å². The summed E-state index contributed by atoms with van der Waals surface area (Å²) in [5.74, 6) is -0.345. The summed E-state index contributed by atoms with van der Waals surface area (Å²) >= 11 is 13.0. The molecule has 27 heavy (non-hydrogen) atoms. The first-order valence-corrected chi connectivity index (χ1v) is 10.7. The van der Waals surface area contributed by atoms with Crippen LogP contribution in [0.4, 0.5) is 10.8 Å². The molecule has 0 radical (unpaired) electrons. The molecular formula is C17H13Cl2N3O3S2. The van der Waals surface area contributed by atoms with Gasteiger partial charge >= 0.3 is 0 Å². The fourth-order valence-corrected chi connectivity index (χ4v) is 4.48. The molecule has 0 bridgehead atoms. The second kappa shape index (κ2) is 8.26. The molecule has 0 atom stereocenters. The molecule has 140 valence electrons. The zero-order valence-electron chi connectivity index (χ0n) is 13.6. The smallest absolute Gasteiger partial charge is 0.263 e. The number of nitrogens with zero attached hydrogens (tertiary/aromatic N) is 1. The molecule has 0 aliphatic heterocycles. The van der Waals surface area contributed by atoms with Gasteiger partial charge in [0.05, 0.1) is 27.7 Å². The third kappa shape index (κ3) is 5.20. The monoisotopic (exact) mass is 441 g/mol. The first kappa shape index (κ1) is 19.6. The summed E-state index contributed by atoms with van der Waals surface area (Å²) in [6.07, 6.45) is -0.0353. The standard InChI is InChI=1S/C17H13Cl2N3O3S2/c18-11-6-7-14(19)15(8-11)21-16(23)9-12-10-26-17(20-12)22-27(24,25)13-4-2-1-3-5-13/h1-8,10H,9H2,(H,20,22)(H,21,23).